The van der Waals surface area contributed by atoms with Crippen LogP contribution >= 0.6 is 15.9 Å². The van der Waals surface area contributed by atoms with Crippen molar-refractivity contribution in [2.75, 3.05) is 6.54 Å². The summed E-state index contributed by atoms with van der Waals surface area (Å²) < 4.78 is 1.03. The first-order valence-corrected chi connectivity index (χ1v) is 7.49. The van der Waals surface area contributed by atoms with Crippen molar-refractivity contribution < 1.29 is 9.63 Å². The van der Waals surface area contributed by atoms with Crippen LogP contribution in [0.4, 0.5) is 0 Å². The number of hydroxylamine groups is 2. The molecule has 1 heterocycles. The SMILES string of the molecule is O=C1c2ccccc2CON1C/C=C/c1ccccc1Br. The Balaban J connectivity index is 1.70. The van der Waals surface area contributed by atoms with E-state index in [1.807, 2.05) is 60.7 Å². The van der Waals surface area contributed by atoms with E-state index >= 15 is 0 Å². The van der Waals surface area contributed by atoms with Gasteiger partial charge in [0, 0.05) is 10.0 Å². The summed E-state index contributed by atoms with van der Waals surface area (Å²) in [4.78, 5) is 17.8. The van der Waals surface area contributed by atoms with Crippen LogP contribution in [0.25, 0.3) is 6.08 Å². The fourth-order valence-corrected chi connectivity index (χ4v) is 2.63. The van der Waals surface area contributed by atoms with Gasteiger partial charge in [-0.05, 0) is 23.3 Å². The van der Waals surface area contributed by atoms with E-state index in [0.717, 1.165) is 21.2 Å². The van der Waals surface area contributed by atoms with Crippen LogP contribution in [-0.2, 0) is 11.4 Å². The second kappa shape index (κ2) is 6.24. The molecule has 0 radical (unpaired) electrons. The predicted molar refractivity (Wildman–Crippen MR) is 85.4 cm³/mol. The molecule has 0 atom stereocenters. The average Bonchev–Trinajstić information content (AvgIpc) is 2.52. The van der Waals surface area contributed by atoms with E-state index < -0.39 is 0 Å². The van der Waals surface area contributed by atoms with Crippen molar-refractivity contribution in [3.05, 3.63) is 75.8 Å². The molecule has 2 aromatic rings. The Morgan fingerprint density at radius 1 is 1.14 bits per heavy atom. The molecule has 1 aliphatic rings. The number of benzene rings is 2. The van der Waals surface area contributed by atoms with Crippen LogP contribution in [0.2, 0.25) is 0 Å². The van der Waals surface area contributed by atoms with Crippen LogP contribution in [0.1, 0.15) is 21.5 Å². The normalized spacial score (nSPS) is 14.5. The fourth-order valence-electron chi connectivity index (χ4n) is 2.22. The van der Waals surface area contributed by atoms with E-state index in [1.165, 1.54) is 5.06 Å². The molecule has 0 saturated heterocycles. The Morgan fingerprint density at radius 2 is 1.90 bits per heavy atom. The number of carbonyl (C=O) groups is 1. The summed E-state index contributed by atoms with van der Waals surface area (Å²) in [6.07, 6.45) is 3.90. The maximum Gasteiger partial charge on any atom is 0.278 e. The maximum atomic E-state index is 12.3. The van der Waals surface area contributed by atoms with Crippen molar-refractivity contribution in [1.29, 1.82) is 0 Å². The third-order valence-electron chi connectivity index (χ3n) is 3.32. The topological polar surface area (TPSA) is 29.5 Å². The first-order chi connectivity index (χ1) is 10.3. The molecule has 0 bridgehead atoms. The van der Waals surface area contributed by atoms with Gasteiger partial charge in [0.1, 0.15) is 6.61 Å². The number of carbonyl (C=O) groups excluding carboxylic acids is 1. The molecule has 1 amide bonds. The van der Waals surface area contributed by atoms with Crippen molar-refractivity contribution in [3.8, 4) is 0 Å². The van der Waals surface area contributed by atoms with Crippen LogP contribution in [0, 0.1) is 0 Å². The number of nitrogens with zero attached hydrogens (tertiary/aromatic N) is 1. The van der Waals surface area contributed by atoms with E-state index in [0.29, 0.717) is 13.2 Å². The molecule has 3 rings (SSSR count). The van der Waals surface area contributed by atoms with Gasteiger partial charge in [0.25, 0.3) is 5.91 Å². The molecule has 3 nitrogen and oxygen atoms in total. The molecule has 106 valence electrons. The number of hydrogen-bond donors (Lipinski definition) is 0. The van der Waals surface area contributed by atoms with Gasteiger partial charge in [-0.2, -0.15) is 0 Å². The van der Waals surface area contributed by atoms with Crippen molar-refractivity contribution >= 4 is 27.9 Å². The van der Waals surface area contributed by atoms with Crippen LogP contribution in [-0.4, -0.2) is 17.5 Å². The number of amides is 1. The molecular formula is C17H14BrNO2. The summed E-state index contributed by atoms with van der Waals surface area (Å²) in [7, 11) is 0. The van der Waals surface area contributed by atoms with Gasteiger partial charge in [0.15, 0.2) is 0 Å². The van der Waals surface area contributed by atoms with Gasteiger partial charge >= 0.3 is 0 Å². The van der Waals surface area contributed by atoms with Crippen molar-refractivity contribution in [2.24, 2.45) is 0 Å². The molecule has 0 spiro atoms. The zero-order chi connectivity index (χ0) is 14.7. The van der Waals surface area contributed by atoms with Gasteiger partial charge in [-0.25, -0.2) is 5.06 Å². The van der Waals surface area contributed by atoms with E-state index in [9.17, 15) is 4.79 Å². The molecule has 0 fully saturated rings. The molecule has 1 aliphatic heterocycles. The molecule has 2 aromatic carbocycles. The highest BCUT2D eigenvalue weighted by atomic mass is 79.9. The van der Waals surface area contributed by atoms with E-state index in [-0.39, 0.29) is 5.91 Å². The highest BCUT2D eigenvalue weighted by Crippen LogP contribution is 2.20. The van der Waals surface area contributed by atoms with E-state index in [1.54, 1.807) is 0 Å². The summed E-state index contributed by atoms with van der Waals surface area (Å²) in [6.45, 7) is 0.860. The third-order valence-corrected chi connectivity index (χ3v) is 4.05. The quantitative estimate of drug-likeness (QED) is 0.841. The Labute approximate surface area is 131 Å². The van der Waals surface area contributed by atoms with Gasteiger partial charge in [-0.15, -0.1) is 0 Å². The Hall–Kier alpha value is -1.91. The summed E-state index contributed by atoms with van der Waals surface area (Å²) in [6, 6.07) is 15.5. The summed E-state index contributed by atoms with van der Waals surface area (Å²) in [5.74, 6) is -0.0892. The fraction of sp³-hybridized carbons (Fsp3) is 0.118. The van der Waals surface area contributed by atoms with E-state index in [2.05, 4.69) is 15.9 Å². The molecular weight excluding hydrogens is 330 g/mol. The standard InChI is InChI=1S/C17H14BrNO2/c18-16-10-4-2-6-13(16)8-5-11-19-17(20)15-9-3-1-7-14(15)12-21-19/h1-10H,11-12H2/b8-5+. The van der Waals surface area contributed by atoms with Crippen molar-refractivity contribution in [1.82, 2.24) is 5.06 Å². The van der Waals surface area contributed by atoms with Gasteiger partial charge < -0.3 is 0 Å². The van der Waals surface area contributed by atoms with Crippen LogP contribution in [0.3, 0.4) is 0 Å². The molecule has 0 unspecified atom stereocenters. The third kappa shape index (κ3) is 3.06. The number of rotatable bonds is 3. The monoisotopic (exact) mass is 343 g/mol. The highest BCUT2D eigenvalue weighted by Gasteiger charge is 2.23. The van der Waals surface area contributed by atoms with Gasteiger partial charge in [0.05, 0.1) is 6.54 Å². The smallest absolute Gasteiger partial charge is 0.267 e. The molecule has 0 aromatic heterocycles. The number of fused-ring (bicyclic) bond motifs is 1. The predicted octanol–water partition coefficient (Wildman–Crippen LogP) is 4.05. The molecule has 21 heavy (non-hydrogen) atoms. The first-order valence-electron chi connectivity index (χ1n) is 6.69. The zero-order valence-corrected chi connectivity index (χ0v) is 12.9. The lowest BCUT2D eigenvalue weighted by Crippen LogP contribution is -2.35. The minimum Gasteiger partial charge on any atom is -0.267 e. The largest absolute Gasteiger partial charge is 0.278 e. The van der Waals surface area contributed by atoms with Crippen LogP contribution in [0.5, 0.6) is 0 Å². The number of halogens is 1. The van der Waals surface area contributed by atoms with Crippen molar-refractivity contribution in [3.63, 3.8) is 0 Å². The van der Waals surface area contributed by atoms with Crippen LogP contribution < -0.4 is 0 Å². The molecule has 0 N–H and O–H groups in total. The summed E-state index contributed by atoms with van der Waals surface area (Å²) in [5, 5.41) is 1.40. The molecule has 0 aliphatic carbocycles. The lowest BCUT2D eigenvalue weighted by molar-refractivity contribution is -0.133. The summed E-state index contributed by atoms with van der Waals surface area (Å²) in [5.41, 5.74) is 2.73. The Bertz CT molecular complexity index is 697. The lowest BCUT2D eigenvalue weighted by Gasteiger charge is -2.26. The molecule has 0 saturated carbocycles. The second-order valence-electron chi connectivity index (χ2n) is 4.72. The minimum atomic E-state index is -0.0892. The number of hydrogen-bond acceptors (Lipinski definition) is 2. The molecule has 4 heteroatoms. The Morgan fingerprint density at radius 3 is 2.76 bits per heavy atom. The van der Waals surface area contributed by atoms with E-state index in [4.69, 9.17) is 4.84 Å². The van der Waals surface area contributed by atoms with Crippen molar-refractivity contribution in [2.45, 2.75) is 6.61 Å². The minimum absolute atomic E-state index is 0.0892. The first kappa shape index (κ1) is 14.0. The highest BCUT2D eigenvalue weighted by molar-refractivity contribution is 9.10. The average molecular weight is 344 g/mol. The second-order valence-corrected chi connectivity index (χ2v) is 5.58. The van der Waals surface area contributed by atoms with Gasteiger partial charge in [0.2, 0.25) is 0 Å². The van der Waals surface area contributed by atoms with Gasteiger partial charge in [-0.3, -0.25) is 9.63 Å². The zero-order valence-electron chi connectivity index (χ0n) is 11.3. The lowest BCUT2D eigenvalue weighted by atomic mass is 10.1. The summed E-state index contributed by atoms with van der Waals surface area (Å²) >= 11 is 3.49. The Kier molecular flexibility index (Phi) is 4.18. The van der Waals surface area contributed by atoms with Crippen LogP contribution in [0.15, 0.2) is 59.1 Å². The maximum absolute atomic E-state index is 12.3. The van der Waals surface area contributed by atoms with Gasteiger partial charge in [-0.1, -0.05) is 64.5 Å².